The van der Waals surface area contributed by atoms with Gasteiger partial charge in [0.25, 0.3) is 5.91 Å². The number of hydrogen-bond acceptors (Lipinski definition) is 3. The Labute approximate surface area is 192 Å². The second-order valence-electron chi connectivity index (χ2n) is 8.96. The van der Waals surface area contributed by atoms with Gasteiger partial charge in [0.15, 0.2) is 0 Å². The third-order valence-electron chi connectivity index (χ3n) is 6.92. The van der Waals surface area contributed by atoms with Gasteiger partial charge in [0.2, 0.25) is 0 Å². The number of amides is 1. The van der Waals surface area contributed by atoms with Crippen LogP contribution in [0.5, 0.6) is 0 Å². The zero-order valence-corrected chi connectivity index (χ0v) is 18.6. The van der Waals surface area contributed by atoms with Crippen molar-refractivity contribution in [2.75, 3.05) is 19.7 Å². The van der Waals surface area contributed by atoms with E-state index in [0.717, 1.165) is 31.1 Å². The number of imidazole rings is 1. The SMILES string of the molecule is C[C@@H](c1ccccc1-c1cc(F)cc(F)c1)n1cncc1C(=O)N1CCC2CCCO[C@@H]2C1. The molecule has 3 heterocycles. The number of ether oxygens (including phenoxy) is 1. The van der Waals surface area contributed by atoms with Gasteiger partial charge in [0, 0.05) is 25.8 Å². The van der Waals surface area contributed by atoms with Crippen molar-refractivity contribution in [3.63, 3.8) is 0 Å². The summed E-state index contributed by atoms with van der Waals surface area (Å²) < 4.78 is 35.6. The molecule has 2 aromatic carbocycles. The Morgan fingerprint density at radius 1 is 1.15 bits per heavy atom. The number of carbonyl (C=O) groups is 1. The molecule has 0 N–H and O–H groups in total. The minimum Gasteiger partial charge on any atom is -0.376 e. The molecular weight excluding hydrogens is 424 g/mol. The largest absolute Gasteiger partial charge is 0.376 e. The smallest absolute Gasteiger partial charge is 0.272 e. The fraction of sp³-hybridized carbons (Fsp3) is 0.385. The predicted molar refractivity (Wildman–Crippen MR) is 121 cm³/mol. The van der Waals surface area contributed by atoms with Crippen molar-refractivity contribution >= 4 is 5.91 Å². The average Bonchev–Trinajstić information content (AvgIpc) is 3.32. The van der Waals surface area contributed by atoms with Crippen LogP contribution in [0.4, 0.5) is 8.78 Å². The van der Waals surface area contributed by atoms with Gasteiger partial charge in [0.1, 0.15) is 17.3 Å². The van der Waals surface area contributed by atoms with Gasteiger partial charge in [-0.15, -0.1) is 0 Å². The number of aromatic nitrogens is 2. The summed E-state index contributed by atoms with van der Waals surface area (Å²) in [5, 5.41) is 0. The van der Waals surface area contributed by atoms with E-state index >= 15 is 0 Å². The van der Waals surface area contributed by atoms with Gasteiger partial charge in [-0.1, -0.05) is 24.3 Å². The lowest BCUT2D eigenvalue weighted by Crippen LogP contribution is -2.49. The van der Waals surface area contributed by atoms with Gasteiger partial charge in [-0.25, -0.2) is 13.8 Å². The number of carbonyl (C=O) groups excluding carboxylic acids is 1. The molecule has 0 spiro atoms. The number of halogens is 2. The number of benzene rings is 2. The van der Waals surface area contributed by atoms with Crippen molar-refractivity contribution in [3.05, 3.63) is 77.9 Å². The molecule has 5 rings (SSSR count). The van der Waals surface area contributed by atoms with Crippen molar-refractivity contribution in [2.45, 2.75) is 38.3 Å². The first kappa shape index (κ1) is 21.8. The highest BCUT2D eigenvalue weighted by molar-refractivity contribution is 5.92. The molecule has 3 aromatic rings. The van der Waals surface area contributed by atoms with Crippen molar-refractivity contribution in [3.8, 4) is 11.1 Å². The zero-order valence-electron chi connectivity index (χ0n) is 18.6. The number of piperidine rings is 1. The molecule has 5 nitrogen and oxygen atoms in total. The molecule has 172 valence electrons. The summed E-state index contributed by atoms with van der Waals surface area (Å²) in [5.41, 5.74) is 2.52. The van der Waals surface area contributed by atoms with E-state index in [4.69, 9.17) is 4.74 Å². The van der Waals surface area contributed by atoms with Gasteiger partial charge < -0.3 is 14.2 Å². The maximum Gasteiger partial charge on any atom is 0.272 e. The quantitative estimate of drug-likeness (QED) is 0.556. The van der Waals surface area contributed by atoms with E-state index in [0.29, 0.717) is 35.8 Å². The highest BCUT2D eigenvalue weighted by Gasteiger charge is 2.35. The highest BCUT2D eigenvalue weighted by Crippen LogP contribution is 2.33. The lowest BCUT2D eigenvalue weighted by Gasteiger charge is -2.41. The molecule has 2 aliphatic heterocycles. The Morgan fingerprint density at radius 3 is 2.76 bits per heavy atom. The number of hydrogen-bond donors (Lipinski definition) is 0. The van der Waals surface area contributed by atoms with E-state index < -0.39 is 11.6 Å². The molecule has 0 saturated carbocycles. The van der Waals surface area contributed by atoms with Crippen LogP contribution in [0.15, 0.2) is 55.0 Å². The van der Waals surface area contributed by atoms with Gasteiger partial charge in [-0.3, -0.25) is 4.79 Å². The summed E-state index contributed by atoms with van der Waals surface area (Å²) in [7, 11) is 0. The number of nitrogens with zero attached hydrogens (tertiary/aromatic N) is 3. The summed E-state index contributed by atoms with van der Waals surface area (Å²) in [6.45, 7) is 4.03. The molecule has 0 aliphatic carbocycles. The summed E-state index contributed by atoms with van der Waals surface area (Å²) in [4.78, 5) is 19.6. The van der Waals surface area contributed by atoms with Crippen molar-refractivity contribution in [1.82, 2.24) is 14.5 Å². The second kappa shape index (κ2) is 9.06. The molecule has 0 bridgehead atoms. The van der Waals surface area contributed by atoms with E-state index in [9.17, 15) is 13.6 Å². The third kappa shape index (κ3) is 4.29. The normalized spacial score (nSPS) is 21.5. The van der Waals surface area contributed by atoms with Crippen LogP contribution in [0, 0.1) is 17.6 Å². The highest BCUT2D eigenvalue weighted by atomic mass is 19.1. The van der Waals surface area contributed by atoms with Crippen LogP contribution in [-0.2, 0) is 4.74 Å². The standard InChI is InChI=1S/C26H27F2N3O2/c1-17(22-6-2-3-7-23(22)19-11-20(27)13-21(28)12-19)31-16-29-14-24(31)26(32)30-9-8-18-5-4-10-33-25(18)15-30/h2-3,6-7,11-14,16-18,25H,4-5,8-10,15H2,1H3/t17-,18?,25+/m0/s1. The van der Waals surface area contributed by atoms with Crippen LogP contribution in [0.1, 0.15) is 48.3 Å². The van der Waals surface area contributed by atoms with Gasteiger partial charge in [-0.2, -0.15) is 0 Å². The van der Waals surface area contributed by atoms with Crippen LogP contribution >= 0.6 is 0 Å². The zero-order chi connectivity index (χ0) is 22.9. The molecular formula is C26H27F2N3O2. The molecule has 2 aliphatic rings. The lowest BCUT2D eigenvalue weighted by atomic mass is 9.87. The second-order valence-corrected chi connectivity index (χ2v) is 8.96. The number of likely N-dealkylation sites (tertiary alicyclic amines) is 1. The maximum atomic E-state index is 13.9. The van der Waals surface area contributed by atoms with Crippen LogP contribution in [0.3, 0.4) is 0 Å². The Balaban J connectivity index is 1.43. The molecule has 1 aromatic heterocycles. The van der Waals surface area contributed by atoms with Gasteiger partial charge in [-0.05, 0) is 60.9 Å². The van der Waals surface area contributed by atoms with E-state index in [-0.39, 0.29) is 18.1 Å². The molecule has 2 saturated heterocycles. The first-order chi connectivity index (χ1) is 16.0. The van der Waals surface area contributed by atoms with Crippen LogP contribution < -0.4 is 0 Å². The summed E-state index contributed by atoms with van der Waals surface area (Å²) >= 11 is 0. The third-order valence-corrected chi connectivity index (χ3v) is 6.92. The first-order valence-corrected chi connectivity index (χ1v) is 11.5. The summed E-state index contributed by atoms with van der Waals surface area (Å²) in [6.07, 6.45) is 6.55. The van der Waals surface area contributed by atoms with E-state index in [1.807, 2.05) is 40.7 Å². The Kier molecular flexibility index (Phi) is 5.98. The summed E-state index contributed by atoms with van der Waals surface area (Å²) in [5.74, 6) is -0.787. The van der Waals surface area contributed by atoms with Crippen molar-refractivity contribution in [1.29, 1.82) is 0 Å². The molecule has 2 fully saturated rings. The van der Waals surface area contributed by atoms with Crippen molar-refractivity contribution < 1.29 is 18.3 Å². The fourth-order valence-corrected chi connectivity index (χ4v) is 5.17. The average molecular weight is 452 g/mol. The molecule has 33 heavy (non-hydrogen) atoms. The van der Waals surface area contributed by atoms with Crippen molar-refractivity contribution in [2.24, 2.45) is 5.92 Å². The minimum atomic E-state index is -0.626. The Bertz CT molecular complexity index is 1140. The van der Waals surface area contributed by atoms with Crippen LogP contribution in [0.25, 0.3) is 11.1 Å². The Morgan fingerprint density at radius 2 is 1.94 bits per heavy atom. The fourth-order valence-electron chi connectivity index (χ4n) is 5.17. The van der Waals surface area contributed by atoms with Crippen LogP contribution in [0.2, 0.25) is 0 Å². The van der Waals surface area contributed by atoms with Gasteiger partial charge >= 0.3 is 0 Å². The minimum absolute atomic E-state index is 0.0683. The molecule has 0 radical (unpaired) electrons. The topological polar surface area (TPSA) is 47.4 Å². The van der Waals surface area contributed by atoms with E-state index in [1.54, 1.807) is 12.5 Å². The van der Waals surface area contributed by atoms with E-state index in [2.05, 4.69) is 4.98 Å². The molecule has 3 atom stereocenters. The van der Waals surface area contributed by atoms with Gasteiger partial charge in [0.05, 0.1) is 24.7 Å². The van der Waals surface area contributed by atoms with E-state index in [1.165, 1.54) is 18.6 Å². The molecule has 1 unspecified atom stereocenters. The predicted octanol–water partition coefficient (Wildman–Crippen LogP) is 5.08. The number of rotatable bonds is 4. The Hall–Kier alpha value is -3.06. The summed E-state index contributed by atoms with van der Waals surface area (Å²) in [6, 6.07) is 10.7. The van der Waals surface area contributed by atoms with Crippen LogP contribution in [-0.4, -0.2) is 46.2 Å². The molecule has 7 heteroatoms. The first-order valence-electron chi connectivity index (χ1n) is 11.5. The monoisotopic (exact) mass is 451 g/mol. The number of fused-ring (bicyclic) bond motifs is 1. The lowest BCUT2D eigenvalue weighted by molar-refractivity contribution is -0.0629. The molecule has 1 amide bonds. The maximum absolute atomic E-state index is 13.9.